The molecule has 0 aliphatic rings. The molecular weight excluding hydrogens is 576 g/mol. The third-order valence-corrected chi connectivity index (χ3v) is 9.03. The van der Waals surface area contributed by atoms with E-state index in [2.05, 4.69) is 5.32 Å². The Morgan fingerprint density at radius 3 is 2.15 bits per heavy atom. The number of rotatable bonds is 11. The van der Waals surface area contributed by atoms with Crippen LogP contribution in [0.15, 0.2) is 71.6 Å². The summed E-state index contributed by atoms with van der Waals surface area (Å²) in [5.74, 6) is -1.59. The summed E-state index contributed by atoms with van der Waals surface area (Å²) in [7, 11) is -4.24. The Balaban J connectivity index is 2.03. The van der Waals surface area contributed by atoms with Crippen LogP contribution in [0.25, 0.3) is 0 Å². The fourth-order valence-corrected chi connectivity index (χ4v) is 5.59. The molecule has 3 aromatic carbocycles. The molecule has 0 unspecified atom stereocenters. The lowest BCUT2D eigenvalue weighted by molar-refractivity contribution is -0.139. The minimum absolute atomic E-state index is 0.0335. The SMILES string of the molecule is CC[C@@H](C)NC(=O)[C@H](C)N(Cc1ccc(Cl)c(Cl)c1)C(=O)CN(c1ccc(F)cc1)S(=O)(=O)c1ccc(C)cc1. The number of carbonyl (C=O) groups excluding carboxylic acids is 2. The van der Waals surface area contributed by atoms with Gasteiger partial charge >= 0.3 is 0 Å². The van der Waals surface area contributed by atoms with Gasteiger partial charge < -0.3 is 10.2 Å². The molecule has 214 valence electrons. The molecular formula is C29H32Cl2FN3O4S. The van der Waals surface area contributed by atoms with Gasteiger partial charge in [0.25, 0.3) is 10.0 Å². The van der Waals surface area contributed by atoms with E-state index in [9.17, 15) is 22.4 Å². The maximum Gasteiger partial charge on any atom is 0.264 e. The molecule has 0 aliphatic heterocycles. The van der Waals surface area contributed by atoms with Crippen LogP contribution in [0.4, 0.5) is 10.1 Å². The molecule has 2 atom stereocenters. The summed E-state index contributed by atoms with van der Waals surface area (Å²) in [5, 5.41) is 3.48. The van der Waals surface area contributed by atoms with E-state index < -0.39 is 40.2 Å². The van der Waals surface area contributed by atoms with E-state index in [1.54, 1.807) is 37.3 Å². The van der Waals surface area contributed by atoms with Crippen LogP contribution in [0.2, 0.25) is 10.0 Å². The predicted molar refractivity (Wildman–Crippen MR) is 156 cm³/mol. The number of aryl methyl sites for hydroxylation is 1. The van der Waals surface area contributed by atoms with Crippen molar-refractivity contribution in [2.24, 2.45) is 0 Å². The molecule has 11 heteroatoms. The molecule has 0 radical (unpaired) electrons. The van der Waals surface area contributed by atoms with Crippen LogP contribution in [-0.2, 0) is 26.2 Å². The molecule has 0 heterocycles. The van der Waals surface area contributed by atoms with Crippen LogP contribution in [0.3, 0.4) is 0 Å². The zero-order chi connectivity index (χ0) is 29.6. The Labute approximate surface area is 244 Å². The molecule has 0 aliphatic carbocycles. The number of nitrogens with one attached hydrogen (secondary N) is 1. The average molecular weight is 609 g/mol. The summed E-state index contributed by atoms with van der Waals surface area (Å²) in [4.78, 5) is 28.2. The molecule has 2 amide bonds. The van der Waals surface area contributed by atoms with E-state index in [4.69, 9.17) is 23.2 Å². The summed E-state index contributed by atoms with van der Waals surface area (Å²) in [6, 6.07) is 14.8. The van der Waals surface area contributed by atoms with E-state index >= 15 is 0 Å². The highest BCUT2D eigenvalue weighted by atomic mass is 35.5. The second-order valence-corrected chi connectivity index (χ2v) is 12.2. The smallest absolute Gasteiger partial charge is 0.264 e. The number of nitrogens with zero attached hydrogens (tertiary/aromatic N) is 2. The third kappa shape index (κ3) is 7.74. The van der Waals surface area contributed by atoms with E-state index in [-0.39, 0.29) is 28.2 Å². The third-order valence-electron chi connectivity index (χ3n) is 6.51. The Morgan fingerprint density at radius 2 is 1.57 bits per heavy atom. The minimum Gasteiger partial charge on any atom is -0.352 e. The molecule has 40 heavy (non-hydrogen) atoms. The van der Waals surface area contributed by atoms with E-state index in [0.29, 0.717) is 17.0 Å². The van der Waals surface area contributed by atoms with Gasteiger partial charge in [-0.3, -0.25) is 13.9 Å². The number of anilines is 1. The van der Waals surface area contributed by atoms with Crippen molar-refractivity contribution in [1.82, 2.24) is 10.2 Å². The Bertz CT molecular complexity index is 1450. The molecule has 0 fully saturated rings. The highest BCUT2D eigenvalue weighted by Gasteiger charge is 2.33. The van der Waals surface area contributed by atoms with Crippen molar-refractivity contribution in [2.75, 3.05) is 10.8 Å². The molecule has 0 saturated heterocycles. The highest BCUT2D eigenvalue weighted by Crippen LogP contribution is 2.27. The average Bonchev–Trinajstić information content (AvgIpc) is 2.92. The monoisotopic (exact) mass is 607 g/mol. The second kappa shape index (κ2) is 13.5. The number of halogens is 3. The van der Waals surface area contributed by atoms with Crippen molar-refractivity contribution in [2.45, 2.75) is 57.6 Å². The molecule has 3 aromatic rings. The zero-order valence-corrected chi connectivity index (χ0v) is 25.0. The predicted octanol–water partition coefficient (Wildman–Crippen LogP) is 5.97. The van der Waals surface area contributed by atoms with Crippen molar-refractivity contribution in [3.63, 3.8) is 0 Å². The molecule has 0 saturated carbocycles. The molecule has 3 rings (SSSR count). The van der Waals surface area contributed by atoms with Crippen molar-refractivity contribution in [3.05, 3.63) is 93.7 Å². The van der Waals surface area contributed by atoms with Crippen molar-refractivity contribution >= 4 is 50.7 Å². The number of hydrogen-bond acceptors (Lipinski definition) is 4. The van der Waals surface area contributed by atoms with Crippen LogP contribution in [-0.4, -0.2) is 43.8 Å². The number of carbonyl (C=O) groups is 2. The number of hydrogen-bond donors (Lipinski definition) is 1. The number of benzene rings is 3. The van der Waals surface area contributed by atoms with Crippen LogP contribution in [0, 0.1) is 12.7 Å². The molecule has 0 spiro atoms. The van der Waals surface area contributed by atoms with Gasteiger partial charge in [0, 0.05) is 12.6 Å². The first-order valence-electron chi connectivity index (χ1n) is 12.7. The lowest BCUT2D eigenvalue weighted by Gasteiger charge is -2.32. The van der Waals surface area contributed by atoms with Crippen molar-refractivity contribution < 1.29 is 22.4 Å². The first-order chi connectivity index (χ1) is 18.8. The quantitative estimate of drug-likeness (QED) is 0.291. The minimum atomic E-state index is -4.24. The lowest BCUT2D eigenvalue weighted by Crippen LogP contribution is -2.52. The van der Waals surface area contributed by atoms with Crippen molar-refractivity contribution in [1.29, 1.82) is 0 Å². The lowest BCUT2D eigenvalue weighted by atomic mass is 10.1. The van der Waals surface area contributed by atoms with Gasteiger partial charge in [-0.1, -0.05) is 53.9 Å². The molecule has 0 aromatic heterocycles. The Morgan fingerprint density at radius 1 is 0.950 bits per heavy atom. The van der Waals surface area contributed by atoms with E-state index in [1.165, 1.54) is 29.2 Å². The fraction of sp³-hybridized carbons (Fsp3) is 0.310. The Kier molecular flexibility index (Phi) is 10.6. The van der Waals surface area contributed by atoms with Gasteiger partial charge in [-0.2, -0.15) is 0 Å². The van der Waals surface area contributed by atoms with Crippen LogP contribution in [0.1, 0.15) is 38.3 Å². The van der Waals surface area contributed by atoms with Gasteiger partial charge in [0.1, 0.15) is 18.4 Å². The largest absolute Gasteiger partial charge is 0.352 e. The molecule has 0 bridgehead atoms. The summed E-state index contributed by atoms with van der Waals surface area (Å²) in [5.41, 5.74) is 1.56. The van der Waals surface area contributed by atoms with Crippen LogP contribution in [0.5, 0.6) is 0 Å². The van der Waals surface area contributed by atoms with Gasteiger partial charge in [0.15, 0.2) is 0 Å². The summed E-state index contributed by atoms with van der Waals surface area (Å²) in [6.07, 6.45) is 0.687. The van der Waals surface area contributed by atoms with E-state index in [0.717, 1.165) is 22.0 Å². The van der Waals surface area contributed by atoms with Gasteiger partial charge in [-0.15, -0.1) is 0 Å². The molecule has 7 nitrogen and oxygen atoms in total. The van der Waals surface area contributed by atoms with Gasteiger partial charge in [0.05, 0.1) is 20.6 Å². The first-order valence-corrected chi connectivity index (χ1v) is 14.9. The molecule has 1 N–H and O–H groups in total. The van der Waals surface area contributed by atoms with Gasteiger partial charge in [-0.25, -0.2) is 12.8 Å². The number of sulfonamides is 1. The summed E-state index contributed by atoms with van der Waals surface area (Å²) in [6.45, 7) is 6.50. The van der Waals surface area contributed by atoms with Crippen LogP contribution < -0.4 is 9.62 Å². The highest BCUT2D eigenvalue weighted by molar-refractivity contribution is 7.92. The summed E-state index contributed by atoms with van der Waals surface area (Å²) < 4.78 is 42.2. The van der Waals surface area contributed by atoms with Gasteiger partial charge in [0.2, 0.25) is 11.8 Å². The second-order valence-electron chi connectivity index (χ2n) is 9.57. The van der Waals surface area contributed by atoms with Crippen LogP contribution >= 0.6 is 23.2 Å². The van der Waals surface area contributed by atoms with Crippen molar-refractivity contribution in [3.8, 4) is 0 Å². The van der Waals surface area contributed by atoms with Gasteiger partial charge in [-0.05, 0) is 81.3 Å². The Hall–Kier alpha value is -3.14. The summed E-state index contributed by atoms with van der Waals surface area (Å²) >= 11 is 12.2. The maximum atomic E-state index is 13.9. The number of amides is 2. The first kappa shape index (κ1) is 31.4. The normalized spacial score (nSPS) is 12.9. The topological polar surface area (TPSA) is 86.8 Å². The standard InChI is InChI=1S/C29H32Cl2FN3O4S/c1-5-20(3)33-29(37)21(4)34(17-22-8-15-26(30)27(31)16-22)28(36)18-35(24-11-9-23(32)10-12-24)40(38,39)25-13-6-19(2)7-14-25/h6-16,20-21H,5,17-18H2,1-4H3,(H,33,37)/t20-,21+/m1/s1. The fourth-order valence-electron chi connectivity index (χ4n) is 3.86. The van der Waals surface area contributed by atoms with E-state index in [1.807, 2.05) is 20.8 Å². The maximum absolute atomic E-state index is 13.9. The zero-order valence-electron chi connectivity index (χ0n) is 22.7.